The van der Waals surface area contributed by atoms with Gasteiger partial charge in [0.05, 0.1) is 23.5 Å². The van der Waals surface area contributed by atoms with E-state index in [-0.39, 0.29) is 23.7 Å². The zero-order valence-corrected chi connectivity index (χ0v) is 16.5. The number of ether oxygens (including phenoxy) is 1. The average Bonchev–Trinajstić information content (AvgIpc) is 2.86. The van der Waals surface area contributed by atoms with Gasteiger partial charge in [-0.3, -0.25) is 14.4 Å². The van der Waals surface area contributed by atoms with Crippen LogP contribution in [-0.4, -0.2) is 63.0 Å². The maximum atomic E-state index is 12.6. The van der Waals surface area contributed by atoms with Crippen LogP contribution in [0.5, 0.6) is 0 Å². The van der Waals surface area contributed by atoms with Crippen LogP contribution in [0.1, 0.15) is 43.7 Å². The Bertz CT molecular complexity index is 804. The van der Waals surface area contributed by atoms with E-state index in [0.29, 0.717) is 12.1 Å². The molecule has 2 aromatic rings. The van der Waals surface area contributed by atoms with E-state index in [9.17, 15) is 4.79 Å². The molecule has 0 unspecified atom stereocenters. The number of aromatic nitrogens is 3. The SMILES string of the molecule is Cc1nn(C)c2ncc(C(=O)NCC(C)(C)N3C[C@@H](C)O[C@H](C)C3)cc12. The molecule has 7 nitrogen and oxygen atoms in total. The summed E-state index contributed by atoms with van der Waals surface area (Å²) in [5, 5.41) is 8.34. The van der Waals surface area contributed by atoms with E-state index in [1.165, 1.54) is 0 Å². The molecule has 1 aliphatic rings. The van der Waals surface area contributed by atoms with Gasteiger partial charge in [-0.05, 0) is 40.7 Å². The van der Waals surface area contributed by atoms with Crippen LogP contribution in [0.25, 0.3) is 11.0 Å². The molecule has 26 heavy (non-hydrogen) atoms. The van der Waals surface area contributed by atoms with Crippen molar-refractivity contribution in [2.24, 2.45) is 7.05 Å². The zero-order chi connectivity index (χ0) is 19.1. The Kier molecular flexibility index (Phi) is 5.03. The summed E-state index contributed by atoms with van der Waals surface area (Å²) in [4.78, 5) is 19.4. The van der Waals surface area contributed by atoms with Gasteiger partial charge in [-0.15, -0.1) is 0 Å². The molecular formula is C19H29N5O2. The van der Waals surface area contributed by atoms with E-state index in [2.05, 4.69) is 48.0 Å². The van der Waals surface area contributed by atoms with Gasteiger partial charge >= 0.3 is 0 Å². The van der Waals surface area contributed by atoms with Crippen LogP contribution in [0.15, 0.2) is 12.3 Å². The Morgan fingerprint density at radius 3 is 2.65 bits per heavy atom. The molecule has 1 fully saturated rings. The van der Waals surface area contributed by atoms with E-state index in [1.807, 2.05) is 20.0 Å². The van der Waals surface area contributed by atoms with Crippen molar-refractivity contribution in [1.82, 2.24) is 25.0 Å². The second kappa shape index (κ2) is 6.96. The van der Waals surface area contributed by atoms with E-state index >= 15 is 0 Å². The first-order chi connectivity index (χ1) is 12.2. The van der Waals surface area contributed by atoms with Crippen molar-refractivity contribution in [2.45, 2.75) is 52.4 Å². The first-order valence-corrected chi connectivity index (χ1v) is 9.15. The van der Waals surface area contributed by atoms with Gasteiger partial charge in [0, 0.05) is 43.8 Å². The number of fused-ring (bicyclic) bond motifs is 1. The lowest BCUT2D eigenvalue weighted by Crippen LogP contribution is -2.58. The topological polar surface area (TPSA) is 72.3 Å². The number of carbonyl (C=O) groups excluding carboxylic acids is 1. The monoisotopic (exact) mass is 359 g/mol. The summed E-state index contributed by atoms with van der Waals surface area (Å²) in [6.45, 7) is 12.7. The third-order valence-corrected chi connectivity index (χ3v) is 5.08. The molecule has 2 aromatic heterocycles. The van der Waals surface area contributed by atoms with Crippen molar-refractivity contribution in [3.63, 3.8) is 0 Å². The molecule has 7 heteroatoms. The molecule has 1 aliphatic heterocycles. The third-order valence-electron chi connectivity index (χ3n) is 5.08. The highest BCUT2D eigenvalue weighted by Gasteiger charge is 2.33. The smallest absolute Gasteiger partial charge is 0.252 e. The summed E-state index contributed by atoms with van der Waals surface area (Å²) in [5.74, 6) is -0.106. The molecule has 0 aromatic carbocycles. The summed E-state index contributed by atoms with van der Waals surface area (Å²) in [7, 11) is 1.86. The number of carbonyl (C=O) groups is 1. The standard InChI is InChI=1S/C19H29N5O2/c1-12-9-24(10-13(2)26-12)19(4,5)11-21-18(25)15-7-16-14(3)22-23(6)17(16)20-8-15/h7-8,12-13H,9-11H2,1-6H3,(H,21,25)/t12-,13-/m1/s1. The summed E-state index contributed by atoms with van der Waals surface area (Å²) < 4.78 is 7.55. The van der Waals surface area contributed by atoms with Gasteiger partial charge in [-0.1, -0.05) is 0 Å². The number of nitrogens with one attached hydrogen (secondary N) is 1. The molecule has 142 valence electrons. The van der Waals surface area contributed by atoms with Crippen molar-refractivity contribution >= 4 is 16.9 Å². The molecule has 0 bridgehead atoms. The van der Waals surface area contributed by atoms with Crippen LogP contribution in [0, 0.1) is 6.92 Å². The maximum absolute atomic E-state index is 12.6. The van der Waals surface area contributed by atoms with Crippen LogP contribution in [0.4, 0.5) is 0 Å². The fraction of sp³-hybridized carbons (Fsp3) is 0.632. The van der Waals surface area contributed by atoms with E-state index in [1.54, 1.807) is 10.9 Å². The highest BCUT2D eigenvalue weighted by atomic mass is 16.5. The second-order valence-corrected chi connectivity index (χ2v) is 7.96. The Morgan fingerprint density at radius 2 is 2.00 bits per heavy atom. The van der Waals surface area contributed by atoms with E-state index in [4.69, 9.17) is 4.74 Å². The van der Waals surface area contributed by atoms with Crippen LogP contribution >= 0.6 is 0 Å². The van der Waals surface area contributed by atoms with Gasteiger partial charge in [-0.2, -0.15) is 5.10 Å². The number of rotatable bonds is 4. The number of morpholine rings is 1. The lowest BCUT2D eigenvalue weighted by molar-refractivity contribution is -0.0948. The summed E-state index contributed by atoms with van der Waals surface area (Å²) in [6, 6.07) is 1.87. The molecule has 0 saturated carbocycles. The molecule has 3 rings (SSSR count). The van der Waals surface area contributed by atoms with Gasteiger partial charge in [0.15, 0.2) is 5.65 Å². The Balaban J connectivity index is 1.69. The largest absolute Gasteiger partial charge is 0.373 e. The predicted octanol–water partition coefficient (Wildman–Crippen LogP) is 1.89. The number of amides is 1. The number of nitrogens with zero attached hydrogens (tertiary/aromatic N) is 4. The minimum absolute atomic E-state index is 0.106. The number of hydrogen-bond acceptors (Lipinski definition) is 5. The number of pyridine rings is 1. The Hall–Kier alpha value is -1.99. The number of hydrogen-bond donors (Lipinski definition) is 1. The van der Waals surface area contributed by atoms with Crippen molar-refractivity contribution in [3.05, 3.63) is 23.5 Å². The van der Waals surface area contributed by atoms with Gasteiger partial charge in [0.1, 0.15) is 0 Å². The van der Waals surface area contributed by atoms with Crippen molar-refractivity contribution < 1.29 is 9.53 Å². The van der Waals surface area contributed by atoms with Gasteiger partial charge in [0.25, 0.3) is 5.91 Å². The molecular weight excluding hydrogens is 330 g/mol. The van der Waals surface area contributed by atoms with Crippen molar-refractivity contribution in [3.8, 4) is 0 Å². The maximum Gasteiger partial charge on any atom is 0.252 e. The Labute approximate surface area is 154 Å². The molecule has 0 aliphatic carbocycles. The minimum atomic E-state index is -0.149. The van der Waals surface area contributed by atoms with Crippen molar-refractivity contribution in [2.75, 3.05) is 19.6 Å². The molecule has 1 amide bonds. The normalized spacial score (nSPS) is 21.9. The van der Waals surface area contributed by atoms with Gasteiger partial charge in [0.2, 0.25) is 0 Å². The van der Waals surface area contributed by atoms with Crippen LogP contribution in [0.3, 0.4) is 0 Å². The first kappa shape index (κ1) is 18.8. The number of aryl methyl sites for hydroxylation is 2. The Morgan fingerprint density at radius 1 is 1.35 bits per heavy atom. The molecule has 1 saturated heterocycles. The zero-order valence-electron chi connectivity index (χ0n) is 16.5. The van der Waals surface area contributed by atoms with Crippen LogP contribution in [-0.2, 0) is 11.8 Å². The lowest BCUT2D eigenvalue weighted by Gasteiger charge is -2.45. The minimum Gasteiger partial charge on any atom is -0.373 e. The third kappa shape index (κ3) is 3.73. The average molecular weight is 359 g/mol. The van der Waals surface area contributed by atoms with Crippen LogP contribution < -0.4 is 5.32 Å². The fourth-order valence-corrected chi connectivity index (χ4v) is 3.61. The first-order valence-electron chi connectivity index (χ1n) is 9.15. The van der Waals surface area contributed by atoms with E-state index in [0.717, 1.165) is 29.8 Å². The lowest BCUT2D eigenvalue weighted by atomic mass is 10.00. The quantitative estimate of drug-likeness (QED) is 0.903. The highest BCUT2D eigenvalue weighted by Crippen LogP contribution is 2.21. The fourth-order valence-electron chi connectivity index (χ4n) is 3.61. The van der Waals surface area contributed by atoms with Gasteiger partial charge < -0.3 is 10.1 Å². The summed E-state index contributed by atoms with van der Waals surface area (Å²) in [5.41, 5.74) is 2.08. The van der Waals surface area contributed by atoms with Crippen molar-refractivity contribution in [1.29, 1.82) is 0 Å². The van der Waals surface area contributed by atoms with Gasteiger partial charge in [-0.25, -0.2) is 4.98 Å². The summed E-state index contributed by atoms with van der Waals surface area (Å²) in [6.07, 6.45) is 2.02. The second-order valence-electron chi connectivity index (χ2n) is 7.96. The highest BCUT2D eigenvalue weighted by molar-refractivity contribution is 5.97. The predicted molar refractivity (Wildman–Crippen MR) is 101 cm³/mol. The molecule has 3 heterocycles. The molecule has 1 N–H and O–H groups in total. The molecule has 0 spiro atoms. The molecule has 2 atom stereocenters. The molecule has 0 radical (unpaired) electrons. The summed E-state index contributed by atoms with van der Waals surface area (Å²) >= 11 is 0. The van der Waals surface area contributed by atoms with E-state index < -0.39 is 0 Å². The van der Waals surface area contributed by atoms with Crippen LogP contribution in [0.2, 0.25) is 0 Å².